The van der Waals surface area contributed by atoms with Gasteiger partial charge in [-0.1, -0.05) is 17.7 Å². The highest BCUT2D eigenvalue weighted by Crippen LogP contribution is 2.14. The van der Waals surface area contributed by atoms with Crippen LogP contribution in [0.15, 0.2) is 18.2 Å². The molecule has 0 aromatic carbocycles. The first-order valence-electron chi connectivity index (χ1n) is 5.86. The van der Waals surface area contributed by atoms with Crippen molar-refractivity contribution in [2.45, 2.75) is 12.5 Å². The number of aromatic nitrogens is 1. The van der Waals surface area contributed by atoms with E-state index in [0.29, 0.717) is 25.2 Å². The highest BCUT2D eigenvalue weighted by atomic mass is 35.5. The topological polar surface area (TPSA) is 71.5 Å². The molecule has 1 unspecified atom stereocenters. The van der Waals surface area contributed by atoms with E-state index in [0.717, 1.165) is 0 Å². The molecule has 1 fully saturated rings. The Morgan fingerprint density at radius 3 is 3.00 bits per heavy atom. The molecular weight excluding hydrogens is 270 g/mol. The third-order valence-corrected chi connectivity index (χ3v) is 3.13. The van der Waals surface area contributed by atoms with Crippen LogP contribution in [0.4, 0.5) is 4.79 Å². The van der Waals surface area contributed by atoms with Crippen LogP contribution in [0.2, 0.25) is 5.15 Å². The van der Waals surface area contributed by atoms with Gasteiger partial charge in [-0.3, -0.25) is 4.79 Å². The minimum atomic E-state index is -0.486. The molecule has 1 aromatic rings. The van der Waals surface area contributed by atoms with Gasteiger partial charge >= 0.3 is 6.09 Å². The molecule has 0 radical (unpaired) electrons. The number of alkyl carbamates (subject to hydrolysis) is 1. The molecule has 1 N–H and O–H groups in total. The Morgan fingerprint density at radius 1 is 1.53 bits per heavy atom. The number of hydrogen-bond acceptors (Lipinski definition) is 4. The van der Waals surface area contributed by atoms with Crippen molar-refractivity contribution in [3.05, 3.63) is 29.0 Å². The van der Waals surface area contributed by atoms with Crippen LogP contribution in [0.25, 0.3) is 0 Å². The highest BCUT2D eigenvalue weighted by molar-refractivity contribution is 6.29. The number of carbonyl (C=O) groups excluding carboxylic acids is 2. The number of rotatable bonds is 2. The molecule has 19 heavy (non-hydrogen) atoms. The summed E-state index contributed by atoms with van der Waals surface area (Å²) >= 11 is 5.76. The summed E-state index contributed by atoms with van der Waals surface area (Å²) < 4.78 is 4.52. The lowest BCUT2D eigenvalue weighted by atomic mass is 10.3. The number of hydrogen-bond donors (Lipinski definition) is 1. The van der Waals surface area contributed by atoms with E-state index in [1.165, 1.54) is 7.11 Å². The lowest BCUT2D eigenvalue weighted by Gasteiger charge is -2.16. The van der Waals surface area contributed by atoms with Crippen LogP contribution in [0, 0.1) is 0 Å². The molecule has 1 aromatic heterocycles. The molecule has 0 bridgehead atoms. The van der Waals surface area contributed by atoms with Crippen LogP contribution < -0.4 is 5.32 Å². The average molecular weight is 284 g/mol. The van der Waals surface area contributed by atoms with Crippen LogP contribution in [-0.4, -0.2) is 48.1 Å². The highest BCUT2D eigenvalue weighted by Gasteiger charge is 2.28. The quantitative estimate of drug-likeness (QED) is 0.831. The number of halogens is 1. The smallest absolute Gasteiger partial charge is 0.407 e. The molecule has 2 heterocycles. The Bertz CT molecular complexity index is 495. The zero-order valence-electron chi connectivity index (χ0n) is 10.4. The van der Waals surface area contributed by atoms with Crippen LogP contribution in [0.1, 0.15) is 16.9 Å². The second-order valence-electron chi connectivity index (χ2n) is 4.22. The minimum absolute atomic E-state index is 0.0874. The number of likely N-dealkylation sites (tertiary alicyclic amines) is 1. The van der Waals surface area contributed by atoms with Crippen molar-refractivity contribution in [3.63, 3.8) is 0 Å². The van der Waals surface area contributed by atoms with E-state index in [4.69, 9.17) is 11.6 Å². The van der Waals surface area contributed by atoms with Crippen molar-refractivity contribution in [1.29, 1.82) is 0 Å². The Balaban J connectivity index is 1.97. The molecule has 1 atom stereocenters. The van der Waals surface area contributed by atoms with Crippen molar-refractivity contribution in [2.24, 2.45) is 0 Å². The standard InChI is InChI=1S/C12H14ClN3O3/c1-19-12(18)14-8-5-6-16(7-8)11(17)9-3-2-4-10(13)15-9/h2-4,8H,5-7H2,1H3,(H,14,18). The summed E-state index contributed by atoms with van der Waals surface area (Å²) in [7, 11) is 1.31. The molecule has 0 aliphatic carbocycles. The minimum Gasteiger partial charge on any atom is -0.453 e. The molecule has 102 valence electrons. The van der Waals surface area contributed by atoms with Crippen molar-refractivity contribution in [1.82, 2.24) is 15.2 Å². The van der Waals surface area contributed by atoms with Gasteiger partial charge in [0.2, 0.25) is 0 Å². The SMILES string of the molecule is COC(=O)NC1CCN(C(=O)c2cccc(Cl)n2)C1. The van der Waals surface area contributed by atoms with Crippen LogP contribution in [-0.2, 0) is 4.74 Å². The second kappa shape index (κ2) is 5.88. The first-order valence-corrected chi connectivity index (χ1v) is 6.24. The Morgan fingerprint density at radius 2 is 2.32 bits per heavy atom. The van der Waals surface area contributed by atoms with E-state index in [2.05, 4.69) is 15.0 Å². The number of ether oxygens (including phenoxy) is 1. The predicted octanol–water partition coefficient (Wildman–Crippen LogP) is 1.31. The van der Waals surface area contributed by atoms with Crippen molar-refractivity contribution < 1.29 is 14.3 Å². The van der Waals surface area contributed by atoms with Gasteiger partial charge in [0.25, 0.3) is 5.91 Å². The van der Waals surface area contributed by atoms with Gasteiger partial charge in [-0.2, -0.15) is 0 Å². The number of nitrogens with one attached hydrogen (secondary N) is 1. The zero-order valence-corrected chi connectivity index (χ0v) is 11.2. The summed E-state index contributed by atoms with van der Waals surface area (Å²) in [5.74, 6) is -0.184. The number of methoxy groups -OCH3 is 1. The molecule has 2 rings (SSSR count). The van der Waals surface area contributed by atoms with Gasteiger partial charge in [-0.25, -0.2) is 9.78 Å². The van der Waals surface area contributed by atoms with Crippen molar-refractivity contribution in [2.75, 3.05) is 20.2 Å². The van der Waals surface area contributed by atoms with Crippen LogP contribution >= 0.6 is 11.6 Å². The third kappa shape index (κ3) is 3.35. The van der Waals surface area contributed by atoms with E-state index >= 15 is 0 Å². The fourth-order valence-electron chi connectivity index (χ4n) is 1.98. The molecule has 7 heteroatoms. The zero-order chi connectivity index (χ0) is 13.8. The van der Waals surface area contributed by atoms with E-state index in [9.17, 15) is 9.59 Å². The van der Waals surface area contributed by atoms with E-state index in [1.807, 2.05) is 0 Å². The van der Waals surface area contributed by atoms with Crippen LogP contribution in [0.3, 0.4) is 0 Å². The van der Waals surface area contributed by atoms with Crippen LogP contribution in [0.5, 0.6) is 0 Å². The average Bonchev–Trinajstić information content (AvgIpc) is 2.86. The maximum absolute atomic E-state index is 12.2. The largest absolute Gasteiger partial charge is 0.453 e. The van der Waals surface area contributed by atoms with E-state index < -0.39 is 6.09 Å². The first kappa shape index (κ1) is 13.6. The molecule has 1 aliphatic heterocycles. The van der Waals surface area contributed by atoms with E-state index in [1.54, 1.807) is 23.1 Å². The third-order valence-electron chi connectivity index (χ3n) is 2.92. The number of amides is 2. The van der Waals surface area contributed by atoms with Gasteiger partial charge in [0.05, 0.1) is 13.2 Å². The first-order chi connectivity index (χ1) is 9.10. The van der Waals surface area contributed by atoms with Crippen molar-refractivity contribution >= 4 is 23.6 Å². The Labute approximate surface area is 115 Å². The summed E-state index contributed by atoms with van der Waals surface area (Å²) in [6, 6.07) is 4.83. The summed E-state index contributed by atoms with van der Waals surface area (Å²) in [4.78, 5) is 28.9. The molecular formula is C12H14ClN3O3. The van der Waals surface area contributed by atoms with Gasteiger partial charge < -0.3 is 15.0 Å². The van der Waals surface area contributed by atoms with Gasteiger partial charge in [0.15, 0.2) is 0 Å². The predicted molar refractivity (Wildman–Crippen MR) is 69.1 cm³/mol. The molecule has 1 saturated heterocycles. The fraction of sp³-hybridized carbons (Fsp3) is 0.417. The molecule has 1 aliphatic rings. The Hall–Kier alpha value is -1.82. The van der Waals surface area contributed by atoms with Crippen molar-refractivity contribution in [3.8, 4) is 0 Å². The summed E-state index contributed by atoms with van der Waals surface area (Å²) in [6.07, 6.45) is 0.210. The summed E-state index contributed by atoms with van der Waals surface area (Å²) in [5, 5.41) is 2.96. The molecule has 0 saturated carbocycles. The number of carbonyl (C=O) groups is 2. The summed E-state index contributed by atoms with van der Waals surface area (Å²) in [6.45, 7) is 1.02. The molecule has 2 amide bonds. The van der Waals surface area contributed by atoms with Gasteiger partial charge in [0.1, 0.15) is 10.8 Å². The van der Waals surface area contributed by atoms with Gasteiger partial charge in [0, 0.05) is 13.1 Å². The maximum atomic E-state index is 12.2. The lowest BCUT2D eigenvalue weighted by Crippen LogP contribution is -2.38. The number of nitrogens with zero attached hydrogens (tertiary/aromatic N) is 2. The summed E-state index contributed by atoms with van der Waals surface area (Å²) in [5.41, 5.74) is 0.311. The Kier molecular flexibility index (Phi) is 4.21. The molecule has 0 spiro atoms. The van der Waals surface area contributed by atoms with E-state index in [-0.39, 0.29) is 17.1 Å². The number of pyridine rings is 1. The normalized spacial score (nSPS) is 18.2. The second-order valence-corrected chi connectivity index (χ2v) is 4.61. The fourth-order valence-corrected chi connectivity index (χ4v) is 2.14. The van der Waals surface area contributed by atoms with Gasteiger partial charge in [-0.05, 0) is 18.6 Å². The molecule has 6 nitrogen and oxygen atoms in total. The maximum Gasteiger partial charge on any atom is 0.407 e. The monoisotopic (exact) mass is 283 g/mol. The van der Waals surface area contributed by atoms with Gasteiger partial charge in [-0.15, -0.1) is 0 Å². The lowest BCUT2D eigenvalue weighted by molar-refractivity contribution is 0.0782.